The molecule has 0 spiro atoms. The van der Waals surface area contributed by atoms with E-state index in [1.807, 2.05) is 22.9 Å². The number of aromatic nitrogens is 4. The van der Waals surface area contributed by atoms with Crippen LogP contribution in [0, 0.1) is 5.92 Å². The van der Waals surface area contributed by atoms with Crippen molar-refractivity contribution in [3.05, 3.63) is 66.0 Å². The molecule has 1 unspecified atom stereocenters. The van der Waals surface area contributed by atoms with Crippen LogP contribution >= 0.6 is 0 Å². The summed E-state index contributed by atoms with van der Waals surface area (Å²) in [5.41, 5.74) is 2.17. The Labute approximate surface area is 199 Å². The highest BCUT2D eigenvalue weighted by Crippen LogP contribution is 2.44. The molecule has 0 bridgehead atoms. The lowest BCUT2D eigenvalue weighted by atomic mass is 10.1. The quantitative estimate of drug-likeness (QED) is 0.539. The van der Waals surface area contributed by atoms with Crippen molar-refractivity contribution in [1.82, 2.24) is 30.0 Å². The van der Waals surface area contributed by atoms with Gasteiger partial charge in [-0.05, 0) is 46.9 Å². The summed E-state index contributed by atoms with van der Waals surface area (Å²) in [4.78, 5) is 5.10. The zero-order valence-corrected chi connectivity index (χ0v) is 19.3. The van der Waals surface area contributed by atoms with Crippen molar-refractivity contribution in [3.63, 3.8) is 0 Å². The predicted molar refractivity (Wildman–Crippen MR) is 129 cm³/mol. The van der Waals surface area contributed by atoms with E-state index in [1.54, 1.807) is 0 Å². The van der Waals surface area contributed by atoms with Crippen molar-refractivity contribution in [3.8, 4) is 17.2 Å². The minimum absolute atomic E-state index is 0.241. The van der Waals surface area contributed by atoms with Gasteiger partial charge in [0.05, 0.1) is 11.7 Å². The second-order valence-electron chi connectivity index (χ2n) is 9.21. The van der Waals surface area contributed by atoms with Gasteiger partial charge in [0.2, 0.25) is 0 Å². The summed E-state index contributed by atoms with van der Waals surface area (Å²) in [5, 5.41) is 12.9. The molecule has 1 atom stereocenters. The average molecular weight is 459 g/mol. The molecular weight excluding hydrogens is 428 g/mol. The van der Waals surface area contributed by atoms with Gasteiger partial charge in [-0.1, -0.05) is 42.5 Å². The molecule has 34 heavy (non-hydrogen) atoms. The van der Waals surface area contributed by atoms with Crippen molar-refractivity contribution in [2.45, 2.75) is 18.9 Å². The maximum Gasteiger partial charge on any atom is 0.174 e. The molecular formula is C26H30N6O2. The van der Waals surface area contributed by atoms with Crippen LogP contribution in [0.3, 0.4) is 0 Å². The van der Waals surface area contributed by atoms with E-state index in [9.17, 15) is 0 Å². The maximum absolute atomic E-state index is 5.78. The third-order valence-electron chi connectivity index (χ3n) is 6.87. The highest BCUT2D eigenvalue weighted by Gasteiger charge is 2.40. The second-order valence-corrected chi connectivity index (χ2v) is 9.21. The van der Waals surface area contributed by atoms with Gasteiger partial charge in [0.15, 0.2) is 17.3 Å². The van der Waals surface area contributed by atoms with Crippen LogP contribution in [0.2, 0.25) is 0 Å². The average Bonchev–Trinajstić information content (AvgIpc) is 3.61. The van der Waals surface area contributed by atoms with E-state index >= 15 is 0 Å². The highest BCUT2D eigenvalue weighted by atomic mass is 16.6. The molecule has 0 N–H and O–H groups in total. The first-order valence-electron chi connectivity index (χ1n) is 12.2. The van der Waals surface area contributed by atoms with Gasteiger partial charge < -0.3 is 9.47 Å². The van der Waals surface area contributed by atoms with Crippen LogP contribution in [0.15, 0.2) is 54.6 Å². The number of rotatable bonds is 7. The van der Waals surface area contributed by atoms with Crippen LogP contribution in [0.1, 0.15) is 30.3 Å². The number of tetrazole rings is 1. The fourth-order valence-corrected chi connectivity index (χ4v) is 4.94. The van der Waals surface area contributed by atoms with E-state index in [1.165, 1.54) is 18.4 Å². The number of hydrogen-bond acceptors (Lipinski definition) is 7. The van der Waals surface area contributed by atoms with E-state index in [4.69, 9.17) is 9.47 Å². The molecule has 3 aromatic rings. The second kappa shape index (κ2) is 9.56. The number of fused-ring (bicyclic) bond motifs is 1. The number of nitrogens with zero attached hydrogens (tertiary/aromatic N) is 6. The number of ether oxygens (including phenoxy) is 2. The lowest BCUT2D eigenvalue weighted by Crippen LogP contribution is -2.48. The van der Waals surface area contributed by atoms with Gasteiger partial charge in [-0.3, -0.25) is 9.80 Å². The lowest BCUT2D eigenvalue weighted by molar-refractivity contribution is 0.0877. The van der Waals surface area contributed by atoms with Crippen molar-refractivity contribution in [2.24, 2.45) is 5.92 Å². The monoisotopic (exact) mass is 458 g/mol. The fourth-order valence-electron chi connectivity index (χ4n) is 4.94. The third-order valence-corrected chi connectivity index (χ3v) is 6.87. The standard InChI is InChI=1S/C26H30N6O2/c1-2-5-20(6-3-1)7-4-12-30-13-15-31(16-14-30)25(21-8-9-21)26-27-28-29-32(26)22-10-11-23-24(19-22)34-18-17-33-23/h1-7,10-11,19,21,25H,8-9,12-18H2/b7-4+. The van der Waals surface area contributed by atoms with Crippen LogP contribution in [0.4, 0.5) is 0 Å². The minimum Gasteiger partial charge on any atom is -0.486 e. The van der Waals surface area contributed by atoms with E-state index in [0.29, 0.717) is 19.1 Å². The maximum atomic E-state index is 5.78. The Balaban J connectivity index is 1.14. The van der Waals surface area contributed by atoms with Crippen LogP contribution in [0.25, 0.3) is 11.8 Å². The summed E-state index contributed by atoms with van der Waals surface area (Å²) < 4.78 is 13.3. The lowest BCUT2D eigenvalue weighted by Gasteiger charge is -2.38. The van der Waals surface area contributed by atoms with Gasteiger partial charge in [-0.15, -0.1) is 5.10 Å². The van der Waals surface area contributed by atoms with Gasteiger partial charge in [-0.2, -0.15) is 4.68 Å². The Morgan fingerprint density at radius 3 is 2.53 bits per heavy atom. The zero-order chi connectivity index (χ0) is 22.7. The smallest absolute Gasteiger partial charge is 0.174 e. The Morgan fingerprint density at radius 1 is 0.941 bits per heavy atom. The Hall–Kier alpha value is -3.23. The molecule has 1 saturated carbocycles. The zero-order valence-electron chi connectivity index (χ0n) is 19.3. The molecule has 1 saturated heterocycles. The summed E-state index contributed by atoms with van der Waals surface area (Å²) in [6.07, 6.45) is 6.95. The first-order valence-corrected chi connectivity index (χ1v) is 12.2. The van der Waals surface area contributed by atoms with E-state index in [0.717, 1.165) is 55.7 Å². The minimum atomic E-state index is 0.241. The Kier molecular flexibility index (Phi) is 5.99. The summed E-state index contributed by atoms with van der Waals surface area (Å²) in [5.74, 6) is 3.08. The van der Waals surface area contributed by atoms with Gasteiger partial charge in [0, 0.05) is 38.8 Å². The molecule has 6 rings (SSSR count). The first kappa shape index (κ1) is 21.3. The number of hydrogen-bond donors (Lipinski definition) is 0. The van der Waals surface area contributed by atoms with Crippen LogP contribution in [-0.4, -0.2) is 75.9 Å². The number of benzene rings is 2. The SMILES string of the molecule is C(=C\c1ccccc1)/CN1CCN(C(c2nnnn2-c2ccc3c(c2)OCCO3)C2CC2)CC1. The van der Waals surface area contributed by atoms with Gasteiger partial charge >= 0.3 is 0 Å². The van der Waals surface area contributed by atoms with Gasteiger partial charge in [-0.25, -0.2) is 0 Å². The van der Waals surface area contributed by atoms with Crippen LogP contribution < -0.4 is 9.47 Å². The molecule has 3 heterocycles. The van der Waals surface area contributed by atoms with Crippen molar-refractivity contribution in [2.75, 3.05) is 45.9 Å². The highest BCUT2D eigenvalue weighted by molar-refractivity contribution is 5.50. The van der Waals surface area contributed by atoms with Crippen molar-refractivity contribution >= 4 is 6.08 Å². The molecule has 1 aliphatic carbocycles. The first-order chi connectivity index (χ1) is 16.8. The molecule has 8 heteroatoms. The normalized spacial score (nSPS) is 20.0. The molecule has 176 valence electrons. The van der Waals surface area contributed by atoms with Crippen LogP contribution in [0.5, 0.6) is 11.5 Å². The van der Waals surface area contributed by atoms with Crippen molar-refractivity contribution in [1.29, 1.82) is 0 Å². The Morgan fingerprint density at radius 2 is 1.74 bits per heavy atom. The molecule has 2 aliphatic heterocycles. The summed E-state index contributed by atoms with van der Waals surface area (Å²) >= 11 is 0. The molecule has 8 nitrogen and oxygen atoms in total. The van der Waals surface area contributed by atoms with E-state index in [2.05, 4.69) is 67.8 Å². The number of piperazine rings is 1. The molecule has 0 amide bonds. The summed E-state index contributed by atoms with van der Waals surface area (Å²) in [6.45, 7) is 6.27. The topological polar surface area (TPSA) is 68.5 Å². The fraction of sp³-hybridized carbons (Fsp3) is 0.423. The Bertz CT molecular complexity index is 1140. The summed E-state index contributed by atoms with van der Waals surface area (Å²) in [6, 6.07) is 16.7. The third kappa shape index (κ3) is 4.56. The molecule has 2 aromatic carbocycles. The molecule has 3 aliphatic rings. The van der Waals surface area contributed by atoms with E-state index < -0.39 is 0 Å². The van der Waals surface area contributed by atoms with Crippen molar-refractivity contribution < 1.29 is 9.47 Å². The van der Waals surface area contributed by atoms with E-state index in [-0.39, 0.29) is 6.04 Å². The molecule has 2 fully saturated rings. The van der Waals surface area contributed by atoms with Gasteiger partial charge in [0.25, 0.3) is 0 Å². The van der Waals surface area contributed by atoms with Crippen LogP contribution in [-0.2, 0) is 0 Å². The molecule has 1 aromatic heterocycles. The predicted octanol–water partition coefficient (Wildman–Crippen LogP) is 3.22. The summed E-state index contributed by atoms with van der Waals surface area (Å²) in [7, 11) is 0. The largest absolute Gasteiger partial charge is 0.486 e. The van der Waals surface area contributed by atoms with Gasteiger partial charge in [0.1, 0.15) is 13.2 Å². The molecule has 0 radical (unpaired) electrons.